The van der Waals surface area contributed by atoms with Crippen molar-refractivity contribution in [2.45, 2.75) is 71.3 Å². The SMILES string of the molecule is CCN(CC)C(=O)CCCCCCCCC(CN1CCOCC1)OC(=O)c1ccccc1. The van der Waals surface area contributed by atoms with Gasteiger partial charge in [-0.3, -0.25) is 9.69 Å². The van der Waals surface area contributed by atoms with Crippen molar-refractivity contribution in [3.63, 3.8) is 0 Å². The van der Waals surface area contributed by atoms with Gasteiger partial charge in [-0.1, -0.05) is 43.9 Å². The van der Waals surface area contributed by atoms with Crippen LogP contribution in [-0.2, 0) is 14.3 Å². The van der Waals surface area contributed by atoms with Gasteiger partial charge in [0.05, 0.1) is 18.8 Å². The molecule has 6 heteroatoms. The number of carbonyl (C=O) groups is 2. The second kappa shape index (κ2) is 15.8. The second-order valence-electron chi connectivity index (χ2n) is 8.53. The van der Waals surface area contributed by atoms with Crippen LogP contribution in [0.25, 0.3) is 0 Å². The first kappa shape index (κ1) is 26.3. The van der Waals surface area contributed by atoms with E-state index in [0.717, 1.165) is 90.9 Å². The molecule has 180 valence electrons. The Balaban J connectivity index is 1.67. The Bertz CT molecular complexity index is 642. The Labute approximate surface area is 194 Å². The molecule has 0 aromatic heterocycles. The molecule has 1 aliphatic heterocycles. The average Bonchev–Trinajstić information content (AvgIpc) is 2.82. The second-order valence-corrected chi connectivity index (χ2v) is 8.53. The van der Waals surface area contributed by atoms with Crippen molar-refractivity contribution in [2.75, 3.05) is 45.9 Å². The first-order valence-corrected chi connectivity index (χ1v) is 12.5. The van der Waals surface area contributed by atoms with Crippen LogP contribution in [0.4, 0.5) is 0 Å². The van der Waals surface area contributed by atoms with E-state index in [2.05, 4.69) is 4.90 Å². The summed E-state index contributed by atoms with van der Waals surface area (Å²) in [5.41, 5.74) is 0.610. The van der Waals surface area contributed by atoms with Gasteiger partial charge in [0.15, 0.2) is 0 Å². The summed E-state index contributed by atoms with van der Waals surface area (Å²) in [4.78, 5) is 28.8. The highest BCUT2D eigenvalue weighted by Gasteiger charge is 2.20. The molecule has 1 fully saturated rings. The number of rotatable bonds is 15. The molecule has 1 amide bonds. The third kappa shape index (κ3) is 10.1. The molecule has 1 saturated heterocycles. The number of benzene rings is 1. The highest BCUT2D eigenvalue weighted by atomic mass is 16.5. The van der Waals surface area contributed by atoms with Crippen LogP contribution in [0.2, 0.25) is 0 Å². The van der Waals surface area contributed by atoms with E-state index in [1.807, 2.05) is 36.9 Å². The van der Waals surface area contributed by atoms with Crippen molar-refractivity contribution >= 4 is 11.9 Å². The lowest BCUT2D eigenvalue weighted by atomic mass is 10.1. The standard InChI is InChI=1S/C26H42N2O4/c1-3-28(4-2)25(29)17-13-8-6-5-7-12-16-24(22-27-18-20-31-21-19-27)32-26(30)23-14-10-9-11-15-23/h9-11,14-15,24H,3-8,12-13,16-22H2,1-2H3. The van der Waals surface area contributed by atoms with Gasteiger partial charge in [-0.25, -0.2) is 4.79 Å². The molecule has 1 atom stereocenters. The Morgan fingerprint density at radius 2 is 1.59 bits per heavy atom. The summed E-state index contributed by atoms with van der Waals surface area (Å²) < 4.78 is 11.3. The van der Waals surface area contributed by atoms with E-state index >= 15 is 0 Å². The zero-order valence-corrected chi connectivity index (χ0v) is 20.1. The van der Waals surface area contributed by atoms with Crippen molar-refractivity contribution in [1.29, 1.82) is 0 Å². The van der Waals surface area contributed by atoms with Crippen LogP contribution >= 0.6 is 0 Å². The fourth-order valence-electron chi connectivity index (χ4n) is 4.14. The molecule has 6 nitrogen and oxygen atoms in total. The van der Waals surface area contributed by atoms with Gasteiger partial charge in [0.1, 0.15) is 6.10 Å². The quantitative estimate of drug-likeness (QED) is 0.293. The topological polar surface area (TPSA) is 59.1 Å². The zero-order chi connectivity index (χ0) is 23.0. The smallest absolute Gasteiger partial charge is 0.338 e. The minimum Gasteiger partial charge on any atom is -0.457 e. The molecule has 0 N–H and O–H groups in total. The molecule has 0 radical (unpaired) electrons. The molecule has 0 saturated carbocycles. The molecule has 0 aliphatic carbocycles. The predicted molar refractivity (Wildman–Crippen MR) is 128 cm³/mol. The van der Waals surface area contributed by atoms with E-state index in [1.165, 1.54) is 0 Å². The molecular weight excluding hydrogens is 404 g/mol. The minimum atomic E-state index is -0.235. The van der Waals surface area contributed by atoms with Crippen LogP contribution in [0.1, 0.15) is 75.6 Å². The number of unbranched alkanes of at least 4 members (excludes halogenated alkanes) is 5. The van der Waals surface area contributed by atoms with E-state index in [0.29, 0.717) is 12.0 Å². The molecule has 1 heterocycles. The van der Waals surface area contributed by atoms with Gasteiger partial charge in [0, 0.05) is 39.1 Å². The van der Waals surface area contributed by atoms with Crippen molar-refractivity contribution < 1.29 is 19.1 Å². The lowest BCUT2D eigenvalue weighted by molar-refractivity contribution is -0.130. The van der Waals surface area contributed by atoms with Gasteiger partial charge < -0.3 is 14.4 Å². The van der Waals surface area contributed by atoms with E-state index < -0.39 is 0 Å². The monoisotopic (exact) mass is 446 g/mol. The number of nitrogens with zero attached hydrogens (tertiary/aromatic N) is 2. The number of carbonyl (C=O) groups excluding carboxylic acids is 2. The Hall–Kier alpha value is -1.92. The van der Waals surface area contributed by atoms with Crippen LogP contribution in [0.5, 0.6) is 0 Å². The van der Waals surface area contributed by atoms with E-state index in [9.17, 15) is 9.59 Å². The lowest BCUT2D eigenvalue weighted by Crippen LogP contribution is -2.42. The molecule has 1 aliphatic rings. The van der Waals surface area contributed by atoms with Gasteiger partial charge in [-0.05, 0) is 45.2 Å². The fourth-order valence-corrected chi connectivity index (χ4v) is 4.14. The molecule has 32 heavy (non-hydrogen) atoms. The number of morpholine rings is 1. The summed E-state index contributed by atoms with van der Waals surface area (Å²) in [7, 11) is 0. The number of hydrogen-bond donors (Lipinski definition) is 0. The maximum atomic E-state index is 12.6. The number of ether oxygens (including phenoxy) is 2. The predicted octanol–water partition coefficient (Wildman–Crippen LogP) is 4.53. The first-order valence-electron chi connectivity index (χ1n) is 12.5. The molecule has 0 spiro atoms. The summed E-state index contributed by atoms with van der Waals surface area (Å²) in [6.45, 7) is 9.72. The summed E-state index contributed by atoms with van der Waals surface area (Å²) in [6, 6.07) is 9.24. The van der Waals surface area contributed by atoms with Crippen LogP contribution in [0.15, 0.2) is 30.3 Å². The van der Waals surface area contributed by atoms with Crippen LogP contribution < -0.4 is 0 Å². The van der Waals surface area contributed by atoms with E-state index in [1.54, 1.807) is 12.1 Å². The first-order chi connectivity index (χ1) is 15.6. The third-order valence-corrected chi connectivity index (χ3v) is 6.13. The Morgan fingerprint density at radius 3 is 2.25 bits per heavy atom. The molecule has 0 bridgehead atoms. The van der Waals surface area contributed by atoms with Crippen LogP contribution in [0.3, 0.4) is 0 Å². The summed E-state index contributed by atoms with van der Waals surface area (Å²) in [5, 5.41) is 0. The lowest BCUT2D eigenvalue weighted by Gasteiger charge is -2.30. The fraction of sp³-hybridized carbons (Fsp3) is 0.692. The highest BCUT2D eigenvalue weighted by Crippen LogP contribution is 2.15. The van der Waals surface area contributed by atoms with Crippen molar-refractivity contribution in [1.82, 2.24) is 9.80 Å². The largest absolute Gasteiger partial charge is 0.457 e. The van der Waals surface area contributed by atoms with Crippen molar-refractivity contribution in [2.24, 2.45) is 0 Å². The van der Waals surface area contributed by atoms with E-state index in [4.69, 9.17) is 9.47 Å². The van der Waals surface area contributed by atoms with Crippen LogP contribution in [0, 0.1) is 0 Å². The van der Waals surface area contributed by atoms with Gasteiger partial charge >= 0.3 is 5.97 Å². The zero-order valence-electron chi connectivity index (χ0n) is 20.1. The van der Waals surface area contributed by atoms with Gasteiger partial charge in [-0.2, -0.15) is 0 Å². The van der Waals surface area contributed by atoms with Crippen molar-refractivity contribution in [3.8, 4) is 0 Å². The summed E-state index contributed by atoms with van der Waals surface area (Å²) >= 11 is 0. The van der Waals surface area contributed by atoms with Gasteiger partial charge in [0.2, 0.25) is 5.91 Å². The summed E-state index contributed by atoms with van der Waals surface area (Å²) in [6.07, 6.45) is 8.04. The Morgan fingerprint density at radius 1 is 0.969 bits per heavy atom. The number of hydrogen-bond acceptors (Lipinski definition) is 5. The molecule has 1 aromatic carbocycles. The maximum absolute atomic E-state index is 12.6. The minimum absolute atomic E-state index is 0.0903. The Kier molecular flexibility index (Phi) is 13.0. The normalized spacial score (nSPS) is 15.3. The highest BCUT2D eigenvalue weighted by molar-refractivity contribution is 5.89. The van der Waals surface area contributed by atoms with Gasteiger partial charge in [0.25, 0.3) is 0 Å². The molecular formula is C26H42N2O4. The van der Waals surface area contributed by atoms with Crippen LogP contribution in [-0.4, -0.2) is 73.7 Å². The maximum Gasteiger partial charge on any atom is 0.338 e. The van der Waals surface area contributed by atoms with E-state index in [-0.39, 0.29) is 18.0 Å². The molecule has 1 unspecified atom stereocenters. The average molecular weight is 447 g/mol. The number of esters is 1. The molecule has 1 aromatic rings. The summed E-state index contributed by atoms with van der Waals surface area (Å²) in [5.74, 6) is 0.0444. The van der Waals surface area contributed by atoms with Crippen molar-refractivity contribution in [3.05, 3.63) is 35.9 Å². The van der Waals surface area contributed by atoms with Gasteiger partial charge in [-0.15, -0.1) is 0 Å². The number of amides is 1. The molecule has 2 rings (SSSR count). The third-order valence-electron chi connectivity index (χ3n) is 6.13.